The molecule has 0 bridgehead atoms. The van der Waals surface area contributed by atoms with E-state index >= 15 is 0 Å². The molecule has 1 amide bonds. The van der Waals surface area contributed by atoms with Crippen LogP contribution in [-0.2, 0) is 18.4 Å². The maximum atomic E-state index is 12.8. The van der Waals surface area contributed by atoms with Crippen molar-refractivity contribution in [1.82, 2.24) is 24.2 Å². The van der Waals surface area contributed by atoms with Crippen LogP contribution in [0.1, 0.15) is 38.5 Å². The van der Waals surface area contributed by atoms with Gasteiger partial charge in [-0.2, -0.15) is 5.10 Å². The summed E-state index contributed by atoms with van der Waals surface area (Å²) in [5.74, 6) is 0.121. The first-order valence-electron chi connectivity index (χ1n) is 10.3. The van der Waals surface area contributed by atoms with E-state index in [1.807, 2.05) is 4.90 Å². The molecule has 0 radical (unpaired) electrons. The first kappa shape index (κ1) is 21.0. The molecule has 1 aliphatic heterocycles. The number of piperidine rings is 1. The second-order valence-corrected chi connectivity index (χ2v) is 8.90. The van der Waals surface area contributed by atoms with Crippen LogP contribution >= 0.6 is 15.9 Å². The van der Waals surface area contributed by atoms with E-state index in [1.165, 1.54) is 16.5 Å². The summed E-state index contributed by atoms with van der Waals surface area (Å²) in [6, 6.07) is 0. The average molecular weight is 476 g/mol. The van der Waals surface area contributed by atoms with Gasteiger partial charge in [-0.05, 0) is 48.0 Å². The summed E-state index contributed by atoms with van der Waals surface area (Å²) in [7, 11) is 1.73. The van der Waals surface area contributed by atoms with Crippen molar-refractivity contribution >= 4 is 32.9 Å². The van der Waals surface area contributed by atoms with E-state index in [1.54, 1.807) is 11.7 Å². The van der Waals surface area contributed by atoms with E-state index in [0.29, 0.717) is 42.5 Å². The number of allylic oxidation sites excluding steroid dienone is 4. The third-order valence-electron chi connectivity index (χ3n) is 5.95. The van der Waals surface area contributed by atoms with Crippen molar-refractivity contribution in [2.75, 3.05) is 13.1 Å². The lowest BCUT2D eigenvalue weighted by atomic mass is 9.91. The molecule has 1 fully saturated rings. The lowest BCUT2D eigenvalue weighted by Gasteiger charge is -2.38. The third kappa shape index (κ3) is 4.27. The molecule has 1 saturated heterocycles. The normalized spacial score (nSPS) is 18.6. The molecule has 0 unspecified atom stereocenters. The highest BCUT2D eigenvalue weighted by molar-refractivity contribution is 9.10. The SMILES string of the molecule is Cn1nc2c(=O)n(CC3(O)CCN(C(=O)CCC4=CCCC=C4)CC3)cnc2c1Br. The van der Waals surface area contributed by atoms with E-state index in [2.05, 4.69) is 44.2 Å². The van der Waals surface area contributed by atoms with E-state index in [9.17, 15) is 14.7 Å². The van der Waals surface area contributed by atoms with Crippen LogP contribution in [0.2, 0.25) is 0 Å². The largest absolute Gasteiger partial charge is 0.388 e. The van der Waals surface area contributed by atoms with Gasteiger partial charge in [-0.3, -0.25) is 18.8 Å². The molecule has 0 spiro atoms. The Bertz CT molecular complexity index is 1080. The molecule has 2 aromatic rings. The number of amides is 1. The number of aryl methyl sites for hydroxylation is 1. The molecular weight excluding hydrogens is 450 g/mol. The predicted octanol–water partition coefficient (Wildman–Crippen LogP) is 2.30. The van der Waals surface area contributed by atoms with Gasteiger partial charge in [0.1, 0.15) is 10.1 Å². The summed E-state index contributed by atoms with van der Waals surface area (Å²) in [5.41, 5.74) is 0.688. The van der Waals surface area contributed by atoms with Gasteiger partial charge in [-0.1, -0.05) is 23.8 Å². The van der Waals surface area contributed by atoms with Crippen LogP contribution < -0.4 is 5.56 Å². The van der Waals surface area contributed by atoms with Gasteiger partial charge in [0.05, 0.1) is 18.5 Å². The molecule has 8 nitrogen and oxygen atoms in total. The molecule has 30 heavy (non-hydrogen) atoms. The second-order valence-electron chi connectivity index (χ2n) is 8.15. The first-order valence-corrected chi connectivity index (χ1v) is 11.1. The van der Waals surface area contributed by atoms with Crippen molar-refractivity contribution < 1.29 is 9.90 Å². The van der Waals surface area contributed by atoms with Crippen LogP contribution in [0.15, 0.2) is 39.5 Å². The molecule has 0 atom stereocenters. The molecule has 4 rings (SSSR count). The molecule has 160 valence electrons. The van der Waals surface area contributed by atoms with Crippen molar-refractivity contribution in [3.8, 4) is 0 Å². The Morgan fingerprint density at radius 1 is 1.27 bits per heavy atom. The molecule has 0 aromatic carbocycles. The molecule has 1 N–H and O–H groups in total. The number of aliphatic hydroxyl groups is 1. The Balaban J connectivity index is 1.37. The molecular formula is C21H26BrN5O3. The minimum Gasteiger partial charge on any atom is -0.388 e. The number of hydrogen-bond acceptors (Lipinski definition) is 5. The van der Waals surface area contributed by atoms with Gasteiger partial charge in [0, 0.05) is 26.6 Å². The van der Waals surface area contributed by atoms with Gasteiger partial charge in [0.2, 0.25) is 5.91 Å². The molecule has 0 saturated carbocycles. The molecule has 3 heterocycles. The Kier molecular flexibility index (Phi) is 5.92. The van der Waals surface area contributed by atoms with E-state index in [0.717, 1.165) is 19.3 Å². The average Bonchev–Trinajstić information content (AvgIpc) is 3.04. The lowest BCUT2D eigenvalue weighted by Crippen LogP contribution is -2.49. The summed E-state index contributed by atoms with van der Waals surface area (Å²) in [6.45, 7) is 1.12. The van der Waals surface area contributed by atoms with Crippen LogP contribution in [0.25, 0.3) is 11.0 Å². The minimum atomic E-state index is -1.05. The first-order chi connectivity index (χ1) is 14.4. The van der Waals surface area contributed by atoms with Gasteiger partial charge in [0.15, 0.2) is 5.52 Å². The monoisotopic (exact) mass is 475 g/mol. The van der Waals surface area contributed by atoms with Crippen LogP contribution in [0.5, 0.6) is 0 Å². The van der Waals surface area contributed by atoms with Crippen molar-refractivity contribution in [1.29, 1.82) is 0 Å². The van der Waals surface area contributed by atoms with Gasteiger partial charge in [-0.15, -0.1) is 0 Å². The third-order valence-corrected chi connectivity index (χ3v) is 6.84. The number of carbonyl (C=O) groups excluding carboxylic acids is 1. The predicted molar refractivity (Wildman–Crippen MR) is 117 cm³/mol. The van der Waals surface area contributed by atoms with Crippen molar-refractivity contribution in [3.63, 3.8) is 0 Å². The van der Waals surface area contributed by atoms with E-state index in [4.69, 9.17) is 0 Å². The Morgan fingerprint density at radius 2 is 2.03 bits per heavy atom. The molecule has 1 aliphatic carbocycles. The zero-order valence-electron chi connectivity index (χ0n) is 17.1. The van der Waals surface area contributed by atoms with Crippen molar-refractivity contribution in [3.05, 3.63) is 45.1 Å². The van der Waals surface area contributed by atoms with Gasteiger partial charge < -0.3 is 10.0 Å². The number of nitrogens with zero attached hydrogens (tertiary/aromatic N) is 5. The summed E-state index contributed by atoms with van der Waals surface area (Å²) in [5, 5.41) is 15.2. The van der Waals surface area contributed by atoms with Crippen LogP contribution in [0, 0.1) is 0 Å². The quantitative estimate of drug-likeness (QED) is 0.715. The minimum absolute atomic E-state index is 0.121. The summed E-state index contributed by atoms with van der Waals surface area (Å²) >= 11 is 3.37. The highest BCUT2D eigenvalue weighted by Crippen LogP contribution is 2.25. The Hall–Kier alpha value is -2.26. The maximum Gasteiger partial charge on any atom is 0.281 e. The number of aromatic nitrogens is 4. The second kappa shape index (κ2) is 8.47. The zero-order valence-corrected chi connectivity index (χ0v) is 18.6. The standard InChI is InChI=1S/C21H26BrN5O3/c1-25-19(22)17-18(24-25)20(29)27(14-23-17)13-21(30)9-11-26(12-10-21)16(28)8-7-15-5-3-2-4-6-15/h3,5-6,14,30H,2,4,7-13H2,1H3. The fourth-order valence-corrected chi connectivity index (χ4v) is 4.46. The fraction of sp³-hybridized carbons (Fsp3) is 0.524. The van der Waals surface area contributed by atoms with Crippen LogP contribution in [0.4, 0.5) is 0 Å². The highest BCUT2D eigenvalue weighted by Gasteiger charge is 2.34. The highest BCUT2D eigenvalue weighted by atomic mass is 79.9. The molecule has 2 aromatic heterocycles. The fourth-order valence-electron chi connectivity index (χ4n) is 4.09. The Labute approximate surface area is 183 Å². The zero-order chi connectivity index (χ0) is 21.3. The number of halogens is 1. The number of fused-ring (bicyclic) bond motifs is 1. The number of likely N-dealkylation sites (tertiary alicyclic amines) is 1. The lowest BCUT2D eigenvalue weighted by molar-refractivity contribution is -0.135. The number of rotatable bonds is 5. The topological polar surface area (TPSA) is 93.2 Å². The maximum absolute atomic E-state index is 12.8. The molecule has 2 aliphatic rings. The number of hydrogen-bond donors (Lipinski definition) is 1. The van der Waals surface area contributed by atoms with Crippen LogP contribution in [0.3, 0.4) is 0 Å². The Morgan fingerprint density at radius 3 is 2.73 bits per heavy atom. The smallest absolute Gasteiger partial charge is 0.281 e. The summed E-state index contributed by atoms with van der Waals surface area (Å²) in [4.78, 5) is 31.5. The van der Waals surface area contributed by atoms with Gasteiger partial charge in [0.25, 0.3) is 5.56 Å². The van der Waals surface area contributed by atoms with Gasteiger partial charge >= 0.3 is 0 Å². The van der Waals surface area contributed by atoms with Crippen molar-refractivity contribution in [2.24, 2.45) is 7.05 Å². The van der Waals surface area contributed by atoms with Gasteiger partial charge in [-0.25, -0.2) is 4.98 Å². The van der Waals surface area contributed by atoms with E-state index < -0.39 is 5.60 Å². The van der Waals surface area contributed by atoms with Crippen molar-refractivity contribution in [2.45, 2.75) is 50.7 Å². The summed E-state index contributed by atoms with van der Waals surface area (Å²) in [6.07, 6.45) is 12.1. The van der Waals surface area contributed by atoms with E-state index in [-0.39, 0.29) is 23.5 Å². The van der Waals surface area contributed by atoms with Crippen LogP contribution in [-0.4, -0.2) is 53.9 Å². The number of carbonyl (C=O) groups is 1. The summed E-state index contributed by atoms with van der Waals surface area (Å²) < 4.78 is 3.62. The molecule has 9 heteroatoms.